The summed E-state index contributed by atoms with van der Waals surface area (Å²) in [7, 11) is 1.97. The molecule has 1 aliphatic rings. The highest BCUT2D eigenvalue weighted by Crippen LogP contribution is 2.39. The maximum Gasteiger partial charge on any atom is 0.234 e. The summed E-state index contributed by atoms with van der Waals surface area (Å²) < 4.78 is 2.01. The summed E-state index contributed by atoms with van der Waals surface area (Å²) in [5.41, 5.74) is 2.05. The Morgan fingerprint density at radius 3 is 2.78 bits per heavy atom. The van der Waals surface area contributed by atoms with Crippen LogP contribution in [-0.4, -0.2) is 26.4 Å². The Kier molecular flexibility index (Phi) is 4.71. The highest BCUT2D eigenvalue weighted by Gasteiger charge is 2.29. The van der Waals surface area contributed by atoms with E-state index < -0.39 is 0 Å². The van der Waals surface area contributed by atoms with Gasteiger partial charge in [-0.3, -0.25) is 4.79 Å². The molecule has 0 atom stereocenters. The van der Waals surface area contributed by atoms with Crippen molar-refractivity contribution in [1.29, 1.82) is 0 Å². The van der Waals surface area contributed by atoms with Crippen LogP contribution in [0.2, 0.25) is 0 Å². The van der Waals surface area contributed by atoms with Crippen LogP contribution in [0.4, 0.5) is 5.69 Å². The fourth-order valence-electron chi connectivity index (χ4n) is 2.58. The molecule has 1 fully saturated rings. The van der Waals surface area contributed by atoms with Crippen molar-refractivity contribution in [2.75, 3.05) is 11.1 Å². The summed E-state index contributed by atoms with van der Waals surface area (Å²) in [6, 6.07) is 7.95. The number of carbonyl (C=O) groups is 1. The molecule has 23 heavy (non-hydrogen) atoms. The molecule has 0 aliphatic heterocycles. The van der Waals surface area contributed by atoms with Gasteiger partial charge in [-0.05, 0) is 30.4 Å². The van der Waals surface area contributed by atoms with Gasteiger partial charge in [-0.2, -0.15) is 0 Å². The minimum atomic E-state index is -0.0147. The summed E-state index contributed by atoms with van der Waals surface area (Å²) in [4.78, 5) is 12.2. The molecule has 0 radical (unpaired) electrons. The van der Waals surface area contributed by atoms with Gasteiger partial charge in [0, 0.05) is 18.7 Å². The Labute approximate surface area is 140 Å². The van der Waals surface area contributed by atoms with Crippen LogP contribution in [0.3, 0.4) is 0 Å². The Hall–Kier alpha value is -1.82. The number of benzene rings is 1. The number of nitrogens with one attached hydrogen (secondary N) is 1. The van der Waals surface area contributed by atoms with Crippen molar-refractivity contribution in [2.45, 2.75) is 43.7 Å². The van der Waals surface area contributed by atoms with Gasteiger partial charge in [0.15, 0.2) is 5.16 Å². The quantitative estimate of drug-likeness (QED) is 0.823. The summed E-state index contributed by atoms with van der Waals surface area (Å²) in [6.45, 7) is 4.25. The van der Waals surface area contributed by atoms with E-state index in [1.165, 1.54) is 24.6 Å². The van der Waals surface area contributed by atoms with Gasteiger partial charge in [0.2, 0.25) is 5.91 Å². The molecule has 3 rings (SSSR count). The molecule has 0 spiro atoms. The number of thioether (sulfide) groups is 1. The van der Waals surface area contributed by atoms with Crippen molar-refractivity contribution in [2.24, 2.45) is 7.05 Å². The first kappa shape index (κ1) is 16.1. The molecule has 1 heterocycles. The van der Waals surface area contributed by atoms with E-state index in [2.05, 4.69) is 35.4 Å². The largest absolute Gasteiger partial charge is 0.325 e. The Balaban J connectivity index is 1.60. The highest BCUT2D eigenvalue weighted by atomic mass is 32.2. The number of para-hydroxylation sites is 1. The molecule has 1 amide bonds. The van der Waals surface area contributed by atoms with Crippen LogP contribution in [0.15, 0.2) is 29.4 Å². The number of aromatic nitrogens is 3. The maximum absolute atomic E-state index is 12.2. The fourth-order valence-corrected chi connectivity index (χ4v) is 3.30. The van der Waals surface area contributed by atoms with Gasteiger partial charge in [-0.1, -0.05) is 43.8 Å². The fraction of sp³-hybridized carbons (Fsp3) is 0.471. The van der Waals surface area contributed by atoms with Crippen molar-refractivity contribution in [3.63, 3.8) is 0 Å². The first-order valence-electron chi connectivity index (χ1n) is 7.97. The Bertz CT molecular complexity index is 706. The third-order valence-electron chi connectivity index (χ3n) is 4.00. The van der Waals surface area contributed by atoms with Crippen LogP contribution in [0, 0.1) is 0 Å². The summed E-state index contributed by atoms with van der Waals surface area (Å²) in [5.74, 6) is 2.30. The van der Waals surface area contributed by atoms with Gasteiger partial charge in [0.1, 0.15) is 5.82 Å². The maximum atomic E-state index is 12.2. The van der Waals surface area contributed by atoms with E-state index in [1.54, 1.807) is 0 Å². The van der Waals surface area contributed by atoms with E-state index in [0.717, 1.165) is 22.2 Å². The first-order valence-corrected chi connectivity index (χ1v) is 8.95. The van der Waals surface area contributed by atoms with Gasteiger partial charge in [-0.15, -0.1) is 10.2 Å². The van der Waals surface area contributed by atoms with Gasteiger partial charge in [0.05, 0.1) is 5.75 Å². The number of hydrogen-bond donors (Lipinski definition) is 1. The van der Waals surface area contributed by atoms with E-state index in [0.29, 0.717) is 17.6 Å². The van der Waals surface area contributed by atoms with Gasteiger partial charge < -0.3 is 9.88 Å². The van der Waals surface area contributed by atoms with Crippen molar-refractivity contribution in [3.05, 3.63) is 35.7 Å². The first-order chi connectivity index (χ1) is 11.1. The number of rotatable bonds is 6. The molecular formula is C17H22N4OS. The molecule has 1 saturated carbocycles. The lowest BCUT2D eigenvalue weighted by molar-refractivity contribution is -0.113. The van der Waals surface area contributed by atoms with E-state index in [4.69, 9.17) is 0 Å². The van der Waals surface area contributed by atoms with Crippen LogP contribution in [-0.2, 0) is 11.8 Å². The molecule has 5 nitrogen and oxygen atoms in total. The molecular weight excluding hydrogens is 308 g/mol. The SMILES string of the molecule is CC(C)c1ccccc1NC(=O)CSc1nnc(C2CC2)n1C. The monoisotopic (exact) mass is 330 g/mol. The third-order valence-corrected chi connectivity index (χ3v) is 5.02. The second kappa shape index (κ2) is 6.74. The molecule has 1 aliphatic carbocycles. The summed E-state index contributed by atoms with van der Waals surface area (Å²) >= 11 is 1.43. The minimum absolute atomic E-state index is 0.0147. The molecule has 6 heteroatoms. The van der Waals surface area contributed by atoms with E-state index in [1.807, 2.05) is 29.8 Å². The average Bonchev–Trinajstić information content (AvgIpc) is 3.29. The zero-order valence-electron chi connectivity index (χ0n) is 13.7. The van der Waals surface area contributed by atoms with Crippen LogP contribution < -0.4 is 5.32 Å². The number of nitrogens with zero attached hydrogens (tertiary/aromatic N) is 3. The predicted molar refractivity (Wildman–Crippen MR) is 92.9 cm³/mol. The normalized spacial score (nSPS) is 14.3. The molecule has 2 aromatic rings. The van der Waals surface area contributed by atoms with Crippen LogP contribution in [0.5, 0.6) is 0 Å². The number of amides is 1. The molecule has 0 saturated heterocycles. The minimum Gasteiger partial charge on any atom is -0.325 e. The zero-order valence-corrected chi connectivity index (χ0v) is 14.6. The van der Waals surface area contributed by atoms with E-state index >= 15 is 0 Å². The second-order valence-corrected chi connectivity index (χ2v) is 7.20. The molecule has 1 aromatic carbocycles. The van der Waals surface area contributed by atoms with Gasteiger partial charge >= 0.3 is 0 Å². The summed E-state index contributed by atoms with van der Waals surface area (Å²) in [5, 5.41) is 12.2. The molecule has 0 bridgehead atoms. The molecule has 1 N–H and O–H groups in total. The summed E-state index contributed by atoms with van der Waals surface area (Å²) in [6.07, 6.45) is 2.40. The van der Waals surface area contributed by atoms with Gasteiger partial charge in [0.25, 0.3) is 0 Å². The Morgan fingerprint density at radius 1 is 1.35 bits per heavy atom. The second-order valence-electron chi connectivity index (χ2n) is 6.25. The van der Waals surface area contributed by atoms with Crippen molar-refractivity contribution >= 4 is 23.4 Å². The zero-order chi connectivity index (χ0) is 16.4. The van der Waals surface area contributed by atoms with E-state index in [9.17, 15) is 4.79 Å². The van der Waals surface area contributed by atoms with Crippen LogP contribution in [0.25, 0.3) is 0 Å². The van der Waals surface area contributed by atoms with Crippen LogP contribution >= 0.6 is 11.8 Å². The number of anilines is 1. The standard InChI is InChI=1S/C17H22N4OS/c1-11(2)13-6-4-5-7-14(13)18-15(22)10-23-17-20-19-16(21(17)3)12-8-9-12/h4-7,11-12H,8-10H2,1-3H3,(H,18,22). The molecule has 0 unspecified atom stereocenters. The lowest BCUT2D eigenvalue weighted by Crippen LogP contribution is -2.16. The lowest BCUT2D eigenvalue weighted by Gasteiger charge is -2.13. The highest BCUT2D eigenvalue weighted by molar-refractivity contribution is 7.99. The lowest BCUT2D eigenvalue weighted by atomic mass is 10.0. The van der Waals surface area contributed by atoms with Crippen LogP contribution in [0.1, 0.15) is 49.9 Å². The number of hydrogen-bond acceptors (Lipinski definition) is 4. The average molecular weight is 330 g/mol. The third kappa shape index (κ3) is 3.75. The van der Waals surface area contributed by atoms with E-state index in [-0.39, 0.29) is 5.91 Å². The predicted octanol–water partition coefficient (Wildman–Crippen LogP) is 3.55. The van der Waals surface area contributed by atoms with Crippen molar-refractivity contribution in [3.8, 4) is 0 Å². The van der Waals surface area contributed by atoms with Gasteiger partial charge in [-0.25, -0.2) is 0 Å². The molecule has 122 valence electrons. The topological polar surface area (TPSA) is 59.8 Å². The molecule has 1 aromatic heterocycles. The van der Waals surface area contributed by atoms with Crippen molar-refractivity contribution < 1.29 is 4.79 Å². The number of carbonyl (C=O) groups excluding carboxylic acids is 1. The van der Waals surface area contributed by atoms with Crippen molar-refractivity contribution in [1.82, 2.24) is 14.8 Å². The smallest absolute Gasteiger partial charge is 0.234 e. The Morgan fingerprint density at radius 2 is 2.09 bits per heavy atom.